The Bertz CT molecular complexity index is 225. The number of hydrogen-bond acceptors (Lipinski definition) is 2. The first kappa shape index (κ1) is 15.0. The standard InChI is InChI=1S/C15H32N2/c1-7-12(3)9-17-10-14(13(4)8-2)16-11-15(17,5)6/h12-14,16H,7-11H2,1-6H3. The minimum Gasteiger partial charge on any atom is -0.311 e. The van der Waals surface area contributed by atoms with Gasteiger partial charge in [-0.1, -0.05) is 40.5 Å². The van der Waals surface area contributed by atoms with Gasteiger partial charge in [0.2, 0.25) is 0 Å². The summed E-state index contributed by atoms with van der Waals surface area (Å²) in [4.78, 5) is 2.70. The average molecular weight is 240 g/mol. The molecule has 0 amide bonds. The molecular weight excluding hydrogens is 208 g/mol. The SMILES string of the molecule is CCC(C)CN1CC(C(C)CC)NCC1(C)C. The van der Waals surface area contributed by atoms with Crippen LogP contribution in [0.3, 0.4) is 0 Å². The van der Waals surface area contributed by atoms with Gasteiger partial charge in [0.25, 0.3) is 0 Å². The first-order valence-corrected chi connectivity index (χ1v) is 7.39. The van der Waals surface area contributed by atoms with Gasteiger partial charge in [0, 0.05) is 31.2 Å². The van der Waals surface area contributed by atoms with Crippen molar-refractivity contribution in [1.29, 1.82) is 0 Å². The van der Waals surface area contributed by atoms with Gasteiger partial charge in [-0.05, 0) is 25.7 Å². The zero-order valence-electron chi connectivity index (χ0n) is 12.7. The van der Waals surface area contributed by atoms with Crippen molar-refractivity contribution in [3.8, 4) is 0 Å². The summed E-state index contributed by atoms with van der Waals surface area (Å²) in [6, 6.07) is 0.678. The summed E-state index contributed by atoms with van der Waals surface area (Å²) in [5.41, 5.74) is 0.313. The molecule has 0 bridgehead atoms. The maximum atomic E-state index is 3.74. The lowest BCUT2D eigenvalue weighted by Gasteiger charge is -2.48. The second-order valence-corrected chi connectivity index (χ2v) is 6.60. The molecule has 0 spiro atoms. The van der Waals surface area contributed by atoms with Crippen LogP contribution in [-0.4, -0.2) is 36.1 Å². The Labute approximate surface area is 108 Å². The molecule has 0 aromatic carbocycles. The quantitative estimate of drug-likeness (QED) is 0.794. The summed E-state index contributed by atoms with van der Waals surface area (Å²) in [7, 11) is 0. The smallest absolute Gasteiger partial charge is 0.0278 e. The fourth-order valence-electron chi connectivity index (χ4n) is 2.53. The summed E-state index contributed by atoms with van der Waals surface area (Å²) in [6.45, 7) is 17.7. The number of rotatable bonds is 5. The predicted octanol–water partition coefficient (Wildman–Crippen LogP) is 3.13. The van der Waals surface area contributed by atoms with Crippen molar-refractivity contribution in [3.05, 3.63) is 0 Å². The molecule has 2 nitrogen and oxygen atoms in total. The minimum absolute atomic E-state index is 0.313. The zero-order valence-corrected chi connectivity index (χ0v) is 12.7. The maximum absolute atomic E-state index is 3.74. The predicted molar refractivity (Wildman–Crippen MR) is 76.4 cm³/mol. The maximum Gasteiger partial charge on any atom is 0.0278 e. The Morgan fingerprint density at radius 1 is 1.24 bits per heavy atom. The van der Waals surface area contributed by atoms with E-state index in [9.17, 15) is 0 Å². The summed E-state index contributed by atoms with van der Waals surface area (Å²) in [5.74, 6) is 1.59. The van der Waals surface area contributed by atoms with Crippen molar-refractivity contribution in [1.82, 2.24) is 10.2 Å². The van der Waals surface area contributed by atoms with Crippen molar-refractivity contribution in [2.24, 2.45) is 11.8 Å². The zero-order chi connectivity index (χ0) is 13.1. The molecule has 0 aliphatic carbocycles. The molecule has 0 radical (unpaired) electrons. The number of piperazine rings is 1. The lowest BCUT2D eigenvalue weighted by atomic mass is 9.90. The Kier molecular flexibility index (Phi) is 5.46. The molecule has 1 aliphatic rings. The van der Waals surface area contributed by atoms with E-state index in [0.29, 0.717) is 11.6 Å². The molecule has 17 heavy (non-hydrogen) atoms. The van der Waals surface area contributed by atoms with E-state index >= 15 is 0 Å². The molecule has 3 unspecified atom stereocenters. The van der Waals surface area contributed by atoms with Gasteiger partial charge in [-0.25, -0.2) is 0 Å². The number of hydrogen-bond donors (Lipinski definition) is 1. The van der Waals surface area contributed by atoms with Crippen molar-refractivity contribution >= 4 is 0 Å². The van der Waals surface area contributed by atoms with E-state index in [4.69, 9.17) is 0 Å². The van der Waals surface area contributed by atoms with E-state index in [1.54, 1.807) is 0 Å². The van der Waals surface area contributed by atoms with Crippen LogP contribution >= 0.6 is 0 Å². The van der Waals surface area contributed by atoms with E-state index in [1.807, 2.05) is 0 Å². The topological polar surface area (TPSA) is 15.3 Å². The second-order valence-electron chi connectivity index (χ2n) is 6.60. The van der Waals surface area contributed by atoms with Crippen LogP contribution in [0.4, 0.5) is 0 Å². The van der Waals surface area contributed by atoms with Gasteiger partial charge < -0.3 is 5.32 Å². The Hall–Kier alpha value is -0.0800. The second kappa shape index (κ2) is 6.19. The van der Waals surface area contributed by atoms with Gasteiger partial charge in [0.05, 0.1) is 0 Å². The molecule has 1 aliphatic heterocycles. The lowest BCUT2D eigenvalue weighted by molar-refractivity contribution is 0.0396. The molecule has 102 valence electrons. The molecule has 2 heteroatoms. The van der Waals surface area contributed by atoms with Crippen molar-refractivity contribution < 1.29 is 0 Å². The van der Waals surface area contributed by atoms with Crippen LogP contribution in [0.1, 0.15) is 54.4 Å². The first-order chi connectivity index (χ1) is 7.90. The van der Waals surface area contributed by atoms with E-state index in [2.05, 4.69) is 51.8 Å². The molecule has 1 heterocycles. The largest absolute Gasteiger partial charge is 0.311 e. The van der Waals surface area contributed by atoms with Crippen molar-refractivity contribution in [2.75, 3.05) is 19.6 Å². The minimum atomic E-state index is 0.313. The molecule has 1 fully saturated rings. The highest BCUT2D eigenvalue weighted by Gasteiger charge is 2.35. The van der Waals surface area contributed by atoms with Crippen LogP contribution in [0.2, 0.25) is 0 Å². The fourth-order valence-corrected chi connectivity index (χ4v) is 2.53. The Balaban J connectivity index is 2.62. The molecule has 0 aromatic heterocycles. The normalized spacial score (nSPS) is 28.9. The third-order valence-corrected chi connectivity index (χ3v) is 4.63. The third kappa shape index (κ3) is 3.96. The van der Waals surface area contributed by atoms with Crippen LogP contribution in [-0.2, 0) is 0 Å². The van der Waals surface area contributed by atoms with Gasteiger partial charge in [-0.3, -0.25) is 4.90 Å². The molecule has 1 N–H and O–H groups in total. The van der Waals surface area contributed by atoms with E-state index in [-0.39, 0.29) is 0 Å². The Morgan fingerprint density at radius 3 is 2.41 bits per heavy atom. The van der Waals surface area contributed by atoms with Crippen LogP contribution in [0.5, 0.6) is 0 Å². The van der Waals surface area contributed by atoms with Gasteiger partial charge in [0.1, 0.15) is 0 Å². The summed E-state index contributed by atoms with van der Waals surface area (Å²) in [6.07, 6.45) is 2.56. The molecule has 1 saturated heterocycles. The van der Waals surface area contributed by atoms with Crippen LogP contribution in [0.25, 0.3) is 0 Å². The number of nitrogens with zero attached hydrogens (tertiary/aromatic N) is 1. The highest BCUT2D eigenvalue weighted by atomic mass is 15.3. The van der Waals surface area contributed by atoms with Crippen LogP contribution in [0.15, 0.2) is 0 Å². The fraction of sp³-hybridized carbons (Fsp3) is 1.00. The molecular formula is C15H32N2. The number of nitrogens with one attached hydrogen (secondary N) is 1. The van der Waals surface area contributed by atoms with Crippen LogP contribution < -0.4 is 5.32 Å². The summed E-state index contributed by atoms with van der Waals surface area (Å²) in [5, 5.41) is 3.74. The lowest BCUT2D eigenvalue weighted by Crippen LogP contribution is -2.63. The summed E-state index contributed by atoms with van der Waals surface area (Å²) >= 11 is 0. The highest BCUT2D eigenvalue weighted by Crippen LogP contribution is 2.24. The first-order valence-electron chi connectivity index (χ1n) is 7.39. The average Bonchev–Trinajstić information content (AvgIpc) is 2.30. The van der Waals surface area contributed by atoms with Gasteiger partial charge in [-0.15, -0.1) is 0 Å². The van der Waals surface area contributed by atoms with Crippen molar-refractivity contribution in [3.63, 3.8) is 0 Å². The van der Waals surface area contributed by atoms with Crippen LogP contribution in [0, 0.1) is 11.8 Å². The van der Waals surface area contributed by atoms with Gasteiger partial charge in [-0.2, -0.15) is 0 Å². The van der Waals surface area contributed by atoms with Gasteiger partial charge in [0.15, 0.2) is 0 Å². The highest BCUT2D eigenvalue weighted by molar-refractivity contribution is 4.94. The summed E-state index contributed by atoms with van der Waals surface area (Å²) < 4.78 is 0. The van der Waals surface area contributed by atoms with E-state index in [0.717, 1.165) is 18.4 Å². The third-order valence-electron chi connectivity index (χ3n) is 4.63. The van der Waals surface area contributed by atoms with E-state index < -0.39 is 0 Å². The molecule has 0 saturated carbocycles. The van der Waals surface area contributed by atoms with E-state index in [1.165, 1.54) is 25.9 Å². The molecule has 3 atom stereocenters. The molecule has 1 rings (SSSR count). The Morgan fingerprint density at radius 2 is 1.88 bits per heavy atom. The monoisotopic (exact) mass is 240 g/mol. The van der Waals surface area contributed by atoms with Gasteiger partial charge >= 0.3 is 0 Å². The van der Waals surface area contributed by atoms with Crippen molar-refractivity contribution in [2.45, 2.75) is 66.0 Å². The molecule has 0 aromatic rings.